The van der Waals surface area contributed by atoms with Crippen molar-refractivity contribution in [1.29, 1.82) is 0 Å². The molecule has 1 aromatic heterocycles. The number of aryl methyl sites for hydroxylation is 2. The molecule has 1 aromatic rings. The van der Waals surface area contributed by atoms with E-state index < -0.39 is 0 Å². The van der Waals surface area contributed by atoms with Gasteiger partial charge in [-0.25, -0.2) is 0 Å². The zero-order valence-electron chi connectivity index (χ0n) is 10.5. The molecule has 3 nitrogen and oxygen atoms in total. The standard InChI is InChI=1S/C13H21N3/c1-4-13-11(9-16(3)15-13)7-10(2)8-14-12-5-6-12/h7,9,12,14H,4-6,8H2,1-3H3/b10-7-. The molecule has 0 aliphatic heterocycles. The Hall–Kier alpha value is -1.09. The van der Waals surface area contributed by atoms with Gasteiger partial charge in [0.2, 0.25) is 0 Å². The van der Waals surface area contributed by atoms with E-state index in [1.807, 2.05) is 11.7 Å². The maximum absolute atomic E-state index is 4.44. The molecule has 1 heterocycles. The zero-order valence-corrected chi connectivity index (χ0v) is 10.5. The first-order valence-corrected chi connectivity index (χ1v) is 6.12. The zero-order chi connectivity index (χ0) is 11.5. The molecular formula is C13H21N3. The number of hydrogen-bond acceptors (Lipinski definition) is 2. The predicted molar refractivity (Wildman–Crippen MR) is 67.3 cm³/mol. The van der Waals surface area contributed by atoms with Crippen LogP contribution in [0.4, 0.5) is 0 Å². The molecule has 1 fully saturated rings. The topological polar surface area (TPSA) is 29.9 Å². The maximum Gasteiger partial charge on any atom is 0.0694 e. The van der Waals surface area contributed by atoms with Crippen LogP contribution in [0.2, 0.25) is 0 Å². The van der Waals surface area contributed by atoms with Crippen molar-refractivity contribution in [1.82, 2.24) is 15.1 Å². The fourth-order valence-corrected chi connectivity index (χ4v) is 1.86. The molecular weight excluding hydrogens is 198 g/mol. The molecule has 88 valence electrons. The number of aromatic nitrogens is 2. The lowest BCUT2D eigenvalue weighted by Gasteiger charge is -2.02. The summed E-state index contributed by atoms with van der Waals surface area (Å²) < 4.78 is 1.90. The largest absolute Gasteiger partial charge is 0.310 e. The quantitative estimate of drug-likeness (QED) is 0.822. The van der Waals surface area contributed by atoms with Gasteiger partial charge in [0.15, 0.2) is 0 Å². The highest BCUT2D eigenvalue weighted by atomic mass is 15.2. The molecule has 0 spiro atoms. The Labute approximate surface area is 97.5 Å². The average Bonchev–Trinajstić information content (AvgIpc) is 3.00. The number of nitrogens with one attached hydrogen (secondary N) is 1. The van der Waals surface area contributed by atoms with Gasteiger partial charge in [-0.05, 0) is 26.2 Å². The van der Waals surface area contributed by atoms with Crippen LogP contribution in [-0.4, -0.2) is 22.4 Å². The number of hydrogen-bond donors (Lipinski definition) is 1. The Morgan fingerprint density at radius 1 is 1.62 bits per heavy atom. The third-order valence-electron chi connectivity index (χ3n) is 2.92. The molecule has 2 rings (SSSR count). The van der Waals surface area contributed by atoms with E-state index in [1.54, 1.807) is 0 Å². The second kappa shape index (κ2) is 4.83. The second-order valence-corrected chi connectivity index (χ2v) is 4.70. The summed E-state index contributed by atoms with van der Waals surface area (Å²) in [5.41, 5.74) is 3.84. The molecule has 0 radical (unpaired) electrons. The number of nitrogens with zero attached hydrogens (tertiary/aromatic N) is 2. The fourth-order valence-electron chi connectivity index (χ4n) is 1.86. The molecule has 0 saturated heterocycles. The van der Waals surface area contributed by atoms with Crippen molar-refractivity contribution in [3.8, 4) is 0 Å². The smallest absolute Gasteiger partial charge is 0.0694 e. The van der Waals surface area contributed by atoms with E-state index in [0.717, 1.165) is 19.0 Å². The summed E-state index contributed by atoms with van der Waals surface area (Å²) in [4.78, 5) is 0. The molecule has 3 heteroatoms. The van der Waals surface area contributed by atoms with Crippen LogP contribution in [0.1, 0.15) is 37.9 Å². The average molecular weight is 219 g/mol. The lowest BCUT2D eigenvalue weighted by atomic mass is 10.1. The molecule has 0 atom stereocenters. The van der Waals surface area contributed by atoms with Crippen LogP contribution in [0, 0.1) is 0 Å². The minimum atomic E-state index is 0.780. The Balaban J connectivity index is 2.01. The molecule has 0 bridgehead atoms. The molecule has 0 unspecified atom stereocenters. The monoisotopic (exact) mass is 219 g/mol. The van der Waals surface area contributed by atoms with Crippen LogP contribution in [-0.2, 0) is 13.5 Å². The van der Waals surface area contributed by atoms with Crippen LogP contribution in [0.15, 0.2) is 11.8 Å². The normalized spacial score (nSPS) is 16.8. The van der Waals surface area contributed by atoms with Crippen LogP contribution in [0.5, 0.6) is 0 Å². The minimum Gasteiger partial charge on any atom is -0.310 e. The first kappa shape index (κ1) is 11.4. The molecule has 0 aromatic carbocycles. The fraction of sp³-hybridized carbons (Fsp3) is 0.615. The molecule has 1 N–H and O–H groups in total. The first-order chi connectivity index (χ1) is 7.69. The van der Waals surface area contributed by atoms with E-state index in [0.29, 0.717) is 0 Å². The van der Waals surface area contributed by atoms with Crippen LogP contribution >= 0.6 is 0 Å². The third-order valence-corrected chi connectivity index (χ3v) is 2.92. The van der Waals surface area contributed by atoms with Gasteiger partial charge in [0.1, 0.15) is 0 Å². The molecule has 1 aliphatic carbocycles. The summed E-state index contributed by atoms with van der Waals surface area (Å²) in [6.45, 7) is 5.34. The van der Waals surface area contributed by atoms with Gasteiger partial charge in [-0.3, -0.25) is 4.68 Å². The summed E-state index contributed by atoms with van der Waals surface area (Å²) in [6, 6.07) is 0.780. The number of rotatable bonds is 5. The van der Waals surface area contributed by atoms with Gasteiger partial charge >= 0.3 is 0 Å². The van der Waals surface area contributed by atoms with Gasteiger partial charge in [0.05, 0.1) is 5.69 Å². The van der Waals surface area contributed by atoms with E-state index >= 15 is 0 Å². The lowest BCUT2D eigenvalue weighted by Crippen LogP contribution is -2.18. The van der Waals surface area contributed by atoms with Crippen molar-refractivity contribution < 1.29 is 0 Å². The van der Waals surface area contributed by atoms with Gasteiger partial charge in [0, 0.05) is 31.4 Å². The van der Waals surface area contributed by atoms with Gasteiger partial charge in [-0.2, -0.15) is 5.10 Å². The Morgan fingerprint density at radius 3 is 3.00 bits per heavy atom. The van der Waals surface area contributed by atoms with Crippen molar-refractivity contribution in [3.63, 3.8) is 0 Å². The molecule has 0 amide bonds. The van der Waals surface area contributed by atoms with E-state index in [-0.39, 0.29) is 0 Å². The first-order valence-electron chi connectivity index (χ1n) is 6.12. The van der Waals surface area contributed by atoms with Gasteiger partial charge in [0.25, 0.3) is 0 Å². The lowest BCUT2D eigenvalue weighted by molar-refractivity contribution is 0.735. The Morgan fingerprint density at radius 2 is 2.38 bits per heavy atom. The van der Waals surface area contributed by atoms with Crippen LogP contribution in [0.25, 0.3) is 6.08 Å². The van der Waals surface area contributed by atoms with Gasteiger partial charge < -0.3 is 5.32 Å². The van der Waals surface area contributed by atoms with Crippen molar-refractivity contribution >= 4 is 6.08 Å². The minimum absolute atomic E-state index is 0.780. The van der Waals surface area contributed by atoms with E-state index in [1.165, 1.54) is 29.7 Å². The Bertz CT molecular complexity index is 386. The highest BCUT2D eigenvalue weighted by molar-refractivity contribution is 5.54. The summed E-state index contributed by atoms with van der Waals surface area (Å²) in [5, 5.41) is 7.97. The van der Waals surface area contributed by atoms with Gasteiger partial charge in [-0.1, -0.05) is 18.6 Å². The third kappa shape index (κ3) is 2.95. The molecule has 16 heavy (non-hydrogen) atoms. The summed E-state index contributed by atoms with van der Waals surface area (Å²) in [5.74, 6) is 0. The van der Waals surface area contributed by atoms with Crippen LogP contribution in [0.3, 0.4) is 0 Å². The van der Waals surface area contributed by atoms with E-state index in [2.05, 4.69) is 36.5 Å². The Kier molecular flexibility index (Phi) is 3.44. The van der Waals surface area contributed by atoms with Crippen LogP contribution < -0.4 is 5.32 Å². The van der Waals surface area contributed by atoms with Crippen molar-refractivity contribution in [3.05, 3.63) is 23.0 Å². The summed E-state index contributed by atoms with van der Waals surface area (Å²) in [6.07, 6.45) is 8.04. The van der Waals surface area contributed by atoms with Crippen molar-refractivity contribution in [2.24, 2.45) is 7.05 Å². The highest BCUT2D eigenvalue weighted by Gasteiger charge is 2.19. The SMILES string of the molecule is CCc1nn(C)cc1/C=C(/C)CNC1CC1. The summed E-state index contributed by atoms with van der Waals surface area (Å²) >= 11 is 0. The van der Waals surface area contributed by atoms with Gasteiger partial charge in [-0.15, -0.1) is 0 Å². The molecule has 1 aliphatic rings. The maximum atomic E-state index is 4.44. The highest BCUT2D eigenvalue weighted by Crippen LogP contribution is 2.19. The summed E-state index contributed by atoms with van der Waals surface area (Å²) in [7, 11) is 1.98. The van der Waals surface area contributed by atoms with E-state index in [9.17, 15) is 0 Å². The van der Waals surface area contributed by atoms with E-state index in [4.69, 9.17) is 0 Å². The van der Waals surface area contributed by atoms with Crippen molar-refractivity contribution in [2.75, 3.05) is 6.54 Å². The predicted octanol–water partition coefficient (Wildman–Crippen LogP) is 2.14. The second-order valence-electron chi connectivity index (χ2n) is 4.70. The molecule has 1 saturated carbocycles. The van der Waals surface area contributed by atoms with Crippen molar-refractivity contribution in [2.45, 2.75) is 39.2 Å².